The normalized spacial score (nSPS) is 17.4. The van der Waals surface area contributed by atoms with Gasteiger partial charge in [-0.1, -0.05) is 36.4 Å². The van der Waals surface area contributed by atoms with Gasteiger partial charge in [0.2, 0.25) is 0 Å². The van der Waals surface area contributed by atoms with Crippen molar-refractivity contribution in [1.82, 2.24) is 9.97 Å². The maximum absolute atomic E-state index is 13.4. The summed E-state index contributed by atoms with van der Waals surface area (Å²) < 4.78 is 11.4. The van der Waals surface area contributed by atoms with E-state index >= 15 is 0 Å². The van der Waals surface area contributed by atoms with Crippen molar-refractivity contribution in [3.05, 3.63) is 88.7 Å². The van der Waals surface area contributed by atoms with Crippen LogP contribution < -0.4 is 9.47 Å². The third-order valence-corrected chi connectivity index (χ3v) is 6.45. The number of nitrogens with zero attached hydrogens (tertiary/aromatic N) is 1. The largest absolute Gasteiger partial charge is 0.494 e. The van der Waals surface area contributed by atoms with Crippen molar-refractivity contribution in [2.75, 3.05) is 7.11 Å². The van der Waals surface area contributed by atoms with E-state index in [-0.39, 0.29) is 11.6 Å². The molecule has 1 fully saturated rings. The van der Waals surface area contributed by atoms with Crippen LogP contribution in [-0.2, 0) is 6.61 Å². The molecule has 6 rings (SSSR count). The number of hydrogen-bond donors (Lipinski definition) is 1. The molecule has 3 aromatic carbocycles. The molecule has 6 heteroatoms. The van der Waals surface area contributed by atoms with Crippen molar-refractivity contribution < 1.29 is 19.1 Å². The third-order valence-electron chi connectivity index (χ3n) is 6.45. The zero-order valence-corrected chi connectivity index (χ0v) is 18.1. The molecule has 33 heavy (non-hydrogen) atoms. The van der Waals surface area contributed by atoms with Gasteiger partial charge in [0.15, 0.2) is 11.6 Å². The second kappa shape index (κ2) is 7.59. The minimum Gasteiger partial charge on any atom is -0.494 e. The minimum absolute atomic E-state index is 0.202. The number of fused-ring (bicyclic) bond motifs is 2. The number of aromatic nitrogens is 2. The zero-order valence-electron chi connectivity index (χ0n) is 18.1. The first-order chi connectivity index (χ1) is 16.1. The van der Waals surface area contributed by atoms with Gasteiger partial charge in [0.25, 0.3) is 0 Å². The molecule has 0 radical (unpaired) electrons. The van der Waals surface area contributed by atoms with Gasteiger partial charge in [0, 0.05) is 17.0 Å². The number of rotatable bonds is 6. The number of carbonyl (C=O) groups is 2. The molecule has 1 aromatic heterocycles. The predicted molar refractivity (Wildman–Crippen MR) is 123 cm³/mol. The molecule has 1 heterocycles. The summed E-state index contributed by atoms with van der Waals surface area (Å²) in [6.45, 7) is 0.390. The number of Topliss-reactive ketones (excluding diaryl/α,β-unsaturated/α-hetero) is 2. The molecular formula is C27H22N2O4. The fourth-order valence-corrected chi connectivity index (χ4v) is 4.54. The van der Waals surface area contributed by atoms with E-state index in [1.807, 2.05) is 30.3 Å². The lowest BCUT2D eigenvalue weighted by molar-refractivity contribution is 0.0890. The summed E-state index contributed by atoms with van der Waals surface area (Å²) in [7, 11) is 1.60. The second-order valence-electron chi connectivity index (χ2n) is 8.62. The van der Waals surface area contributed by atoms with E-state index in [1.165, 1.54) is 0 Å². The van der Waals surface area contributed by atoms with Crippen LogP contribution in [0.1, 0.15) is 62.3 Å². The molecule has 0 bridgehead atoms. The first-order valence-corrected chi connectivity index (χ1v) is 11.1. The number of benzene rings is 3. The summed E-state index contributed by atoms with van der Waals surface area (Å²) >= 11 is 0. The van der Waals surface area contributed by atoms with E-state index in [4.69, 9.17) is 14.5 Å². The van der Waals surface area contributed by atoms with Gasteiger partial charge in [-0.15, -0.1) is 0 Å². The van der Waals surface area contributed by atoms with E-state index in [2.05, 4.69) is 4.98 Å². The van der Waals surface area contributed by atoms with Crippen molar-refractivity contribution >= 4 is 22.6 Å². The van der Waals surface area contributed by atoms with Gasteiger partial charge in [0.1, 0.15) is 35.4 Å². The van der Waals surface area contributed by atoms with Crippen LogP contribution in [-0.4, -0.2) is 28.6 Å². The van der Waals surface area contributed by atoms with E-state index in [0.29, 0.717) is 46.2 Å². The van der Waals surface area contributed by atoms with Crippen LogP contribution >= 0.6 is 0 Å². The Morgan fingerprint density at radius 1 is 0.970 bits per heavy atom. The molecule has 1 N–H and O–H groups in total. The minimum atomic E-state index is -0.909. The van der Waals surface area contributed by atoms with Crippen molar-refractivity contribution in [2.45, 2.75) is 31.3 Å². The first kappa shape index (κ1) is 19.7. The number of hydrogen-bond acceptors (Lipinski definition) is 5. The molecule has 0 spiro atoms. The molecule has 2 aliphatic carbocycles. The first-order valence-electron chi connectivity index (χ1n) is 11.1. The van der Waals surface area contributed by atoms with Crippen LogP contribution in [0.15, 0.2) is 60.7 Å². The second-order valence-corrected chi connectivity index (χ2v) is 8.62. The lowest BCUT2D eigenvalue weighted by Crippen LogP contribution is -2.13. The van der Waals surface area contributed by atoms with Gasteiger partial charge in [-0.2, -0.15) is 0 Å². The van der Waals surface area contributed by atoms with Crippen molar-refractivity contribution in [1.29, 1.82) is 0 Å². The predicted octanol–water partition coefficient (Wildman–Crippen LogP) is 5.19. The van der Waals surface area contributed by atoms with Crippen LogP contribution in [0.2, 0.25) is 0 Å². The Balaban J connectivity index is 1.35. The summed E-state index contributed by atoms with van der Waals surface area (Å²) in [5.74, 6) is 1.19. The zero-order chi connectivity index (χ0) is 22.5. The number of carbonyl (C=O) groups excluding carboxylic acids is 2. The summed E-state index contributed by atoms with van der Waals surface area (Å²) in [6, 6.07) is 18.5. The number of ketones is 2. The van der Waals surface area contributed by atoms with Crippen molar-refractivity contribution in [3.63, 3.8) is 0 Å². The average Bonchev–Trinajstić information content (AvgIpc) is 3.55. The molecule has 0 amide bonds. The maximum atomic E-state index is 13.4. The van der Waals surface area contributed by atoms with Gasteiger partial charge >= 0.3 is 0 Å². The fraction of sp³-hybridized carbons (Fsp3) is 0.222. The lowest BCUT2D eigenvalue weighted by Gasteiger charge is -2.10. The molecule has 1 unspecified atom stereocenters. The highest BCUT2D eigenvalue weighted by atomic mass is 16.5. The number of H-pyrrole nitrogens is 1. The van der Waals surface area contributed by atoms with E-state index in [0.717, 1.165) is 29.7 Å². The Hall–Kier alpha value is -3.93. The summed E-state index contributed by atoms with van der Waals surface area (Å²) in [6.07, 6.45) is 2.19. The van der Waals surface area contributed by atoms with E-state index in [9.17, 15) is 9.59 Å². The van der Waals surface area contributed by atoms with Crippen LogP contribution in [0.4, 0.5) is 0 Å². The van der Waals surface area contributed by atoms with Crippen LogP contribution in [0.3, 0.4) is 0 Å². The van der Waals surface area contributed by atoms with Gasteiger partial charge in [0.05, 0.1) is 12.6 Å². The van der Waals surface area contributed by atoms with Crippen LogP contribution in [0, 0.1) is 0 Å². The Kier molecular flexibility index (Phi) is 4.54. The molecule has 0 aliphatic heterocycles. The highest BCUT2D eigenvalue weighted by Gasteiger charge is 2.41. The molecule has 0 saturated heterocycles. The highest BCUT2D eigenvalue weighted by Crippen LogP contribution is 2.43. The molecule has 4 aromatic rings. The SMILES string of the molecule is COc1ccc(C2C(=O)c3ccc(OCc4ccccc4)cc3C2=O)c2nc(C3CC3)[nH]c12. The van der Waals surface area contributed by atoms with Crippen molar-refractivity contribution in [2.24, 2.45) is 0 Å². The Morgan fingerprint density at radius 3 is 2.52 bits per heavy atom. The fourth-order valence-electron chi connectivity index (χ4n) is 4.54. The van der Waals surface area contributed by atoms with Crippen LogP contribution in [0.5, 0.6) is 11.5 Å². The summed E-state index contributed by atoms with van der Waals surface area (Å²) in [4.78, 5) is 34.9. The monoisotopic (exact) mass is 438 g/mol. The number of nitrogens with one attached hydrogen (secondary N) is 1. The van der Waals surface area contributed by atoms with E-state index < -0.39 is 5.92 Å². The maximum Gasteiger partial charge on any atom is 0.179 e. The molecule has 1 atom stereocenters. The van der Waals surface area contributed by atoms with Gasteiger partial charge in [-0.25, -0.2) is 4.98 Å². The average molecular weight is 438 g/mol. The van der Waals surface area contributed by atoms with Gasteiger partial charge in [-0.3, -0.25) is 9.59 Å². The molecular weight excluding hydrogens is 416 g/mol. The Bertz CT molecular complexity index is 1400. The number of methoxy groups -OCH3 is 1. The lowest BCUT2D eigenvalue weighted by atomic mass is 9.93. The highest BCUT2D eigenvalue weighted by molar-refractivity contribution is 6.30. The quantitative estimate of drug-likeness (QED) is 0.419. The molecule has 164 valence electrons. The molecule has 1 saturated carbocycles. The Labute approximate surface area is 190 Å². The van der Waals surface area contributed by atoms with Gasteiger partial charge < -0.3 is 14.5 Å². The third kappa shape index (κ3) is 3.30. The Morgan fingerprint density at radius 2 is 1.76 bits per heavy atom. The standard InChI is InChI=1S/C27H22N2O4/c1-32-21-12-11-19(23-24(21)29-27(28-23)16-7-8-16)22-25(30)18-10-9-17(13-20(18)26(22)31)33-14-15-5-3-2-4-6-15/h2-6,9-13,16,22H,7-8,14H2,1H3,(H,28,29). The smallest absolute Gasteiger partial charge is 0.179 e. The molecule has 6 nitrogen and oxygen atoms in total. The molecule has 2 aliphatic rings. The van der Waals surface area contributed by atoms with Crippen LogP contribution in [0.25, 0.3) is 11.0 Å². The number of imidazole rings is 1. The van der Waals surface area contributed by atoms with E-state index in [1.54, 1.807) is 37.4 Å². The summed E-state index contributed by atoms with van der Waals surface area (Å²) in [5.41, 5.74) is 3.85. The number of aromatic amines is 1. The number of ether oxygens (including phenoxy) is 2. The van der Waals surface area contributed by atoms with Crippen molar-refractivity contribution in [3.8, 4) is 11.5 Å². The van der Waals surface area contributed by atoms with Gasteiger partial charge in [-0.05, 0) is 48.2 Å². The topological polar surface area (TPSA) is 81.3 Å². The summed E-state index contributed by atoms with van der Waals surface area (Å²) in [5, 5.41) is 0.